The van der Waals surface area contributed by atoms with Crippen LogP contribution in [0, 0.1) is 5.82 Å². The predicted octanol–water partition coefficient (Wildman–Crippen LogP) is 3.80. The zero-order chi connectivity index (χ0) is 16.7. The number of anilines is 2. The second-order valence-electron chi connectivity index (χ2n) is 5.79. The fraction of sp³-hybridized carbons (Fsp3) is 0.176. The van der Waals surface area contributed by atoms with Crippen LogP contribution in [0.2, 0.25) is 5.02 Å². The standard InChI is InChI=1S/C17H15ClFN5/c18-12-5-1-10(2-6-12)14-9-15(11-3-7-13(19)8-4-11)24-17(21-14)22-16(20)23-24/h1-8,14-15H,9H2,(H3,20,21,22,23)/t14-,15-/m1/s1. The number of nitrogen functional groups attached to an aromatic ring is 1. The van der Waals surface area contributed by atoms with Crippen LogP contribution in [0.1, 0.15) is 29.6 Å². The molecule has 122 valence electrons. The predicted molar refractivity (Wildman–Crippen MR) is 91.4 cm³/mol. The number of nitrogens with one attached hydrogen (secondary N) is 1. The average Bonchev–Trinajstić information content (AvgIpc) is 2.95. The summed E-state index contributed by atoms with van der Waals surface area (Å²) in [5.74, 6) is 0.551. The van der Waals surface area contributed by atoms with Crippen LogP contribution in [0.3, 0.4) is 0 Å². The molecule has 3 aromatic rings. The van der Waals surface area contributed by atoms with Gasteiger partial charge in [-0.1, -0.05) is 35.9 Å². The maximum atomic E-state index is 13.3. The van der Waals surface area contributed by atoms with E-state index in [-0.39, 0.29) is 23.8 Å². The van der Waals surface area contributed by atoms with Gasteiger partial charge in [0.2, 0.25) is 11.9 Å². The molecule has 2 heterocycles. The molecule has 24 heavy (non-hydrogen) atoms. The van der Waals surface area contributed by atoms with E-state index in [1.54, 1.807) is 16.8 Å². The Balaban J connectivity index is 1.74. The van der Waals surface area contributed by atoms with Crippen LogP contribution < -0.4 is 11.1 Å². The average molecular weight is 344 g/mol. The molecule has 1 aromatic heterocycles. The Morgan fingerprint density at radius 3 is 2.46 bits per heavy atom. The Kier molecular flexibility index (Phi) is 3.61. The van der Waals surface area contributed by atoms with Crippen molar-refractivity contribution in [1.29, 1.82) is 0 Å². The molecule has 0 aliphatic carbocycles. The van der Waals surface area contributed by atoms with Gasteiger partial charge in [-0.15, -0.1) is 5.10 Å². The fourth-order valence-electron chi connectivity index (χ4n) is 3.07. The molecule has 4 rings (SSSR count). The van der Waals surface area contributed by atoms with Gasteiger partial charge in [-0.2, -0.15) is 4.98 Å². The lowest BCUT2D eigenvalue weighted by atomic mass is 9.93. The zero-order valence-electron chi connectivity index (χ0n) is 12.7. The maximum Gasteiger partial charge on any atom is 0.241 e. The summed E-state index contributed by atoms with van der Waals surface area (Å²) < 4.78 is 15.0. The third kappa shape index (κ3) is 2.69. The number of nitrogens with two attached hydrogens (primary N) is 1. The first kappa shape index (κ1) is 15.0. The number of hydrogen-bond donors (Lipinski definition) is 2. The summed E-state index contributed by atoms with van der Waals surface area (Å²) in [4.78, 5) is 4.26. The van der Waals surface area contributed by atoms with E-state index in [4.69, 9.17) is 17.3 Å². The molecule has 1 aliphatic heterocycles. The first-order valence-electron chi connectivity index (χ1n) is 7.59. The van der Waals surface area contributed by atoms with E-state index in [0.29, 0.717) is 11.0 Å². The van der Waals surface area contributed by atoms with Crippen molar-refractivity contribution in [3.8, 4) is 0 Å². The number of benzene rings is 2. The quantitative estimate of drug-likeness (QED) is 0.742. The molecule has 0 radical (unpaired) electrons. The van der Waals surface area contributed by atoms with Crippen molar-refractivity contribution >= 4 is 23.5 Å². The van der Waals surface area contributed by atoms with E-state index in [1.165, 1.54) is 12.1 Å². The molecule has 7 heteroatoms. The van der Waals surface area contributed by atoms with Gasteiger partial charge < -0.3 is 11.1 Å². The van der Waals surface area contributed by atoms with Crippen molar-refractivity contribution in [3.05, 3.63) is 70.5 Å². The summed E-state index contributed by atoms with van der Waals surface area (Å²) in [6, 6.07) is 14.1. The molecule has 0 unspecified atom stereocenters. The zero-order valence-corrected chi connectivity index (χ0v) is 13.4. The van der Waals surface area contributed by atoms with Gasteiger partial charge in [-0.25, -0.2) is 9.07 Å². The van der Waals surface area contributed by atoms with E-state index in [9.17, 15) is 4.39 Å². The number of rotatable bonds is 2. The summed E-state index contributed by atoms with van der Waals surface area (Å²) in [5.41, 5.74) is 7.82. The topological polar surface area (TPSA) is 68.8 Å². The molecule has 0 spiro atoms. The number of halogens is 2. The third-order valence-corrected chi connectivity index (χ3v) is 4.48. The van der Waals surface area contributed by atoms with Gasteiger partial charge in [0, 0.05) is 5.02 Å². The summed E-state index contributed by atoms with van der Waals surface area (Å²) in [6.07, 6.45) is 0.739. The van der Waals surface area contributed by atoms with Crippen molar-refractivity contribution in [2.75, 3.05) is 11.1 Å². The SMILES string of the molecule is Nc1nc2n(n1)[C@@H](c1ccc(F)cc1)C[C@H](c1ccc(Cl)cc1)N2. The van der Waals surface area contributed by atoms with E-state index >= 15 is 0 Å². The van der Waals surface area contributed by atoms with Crippen molar-refractivity contribution in [2.24, 2.45) is 0 Å². The molecule has 1 aliphatic rings. The molecule has 0 fully saturated rings. The van der Waals surface area contributed by atoms with Crippen LogP contribution in [0.25, 0.3) is 0 Å². The van der Waals surface area contributed by atoms with Gasteiger partial charge in [-0.3, -0.25) is 0 Å². The Labute approximate surface area is 143 Å². The minimum atomic E-state index is -0.264. The van der Waals surface area contributed by atoms with Crippen LogP contribution in [0.15, 0.2) is 48.5 Å². The fourth-order valence-corrected chi connectivity index (χ4v) is 3.20. The minimum absolute atomic E-state index is 0.0356. The number of aromatic nitrogens is 3. The molecule has 2 aromatic carbocycles. The maximum absolute atomic E-state index is 13.3. The highest BCUT2D eigenvalue weighted by Crippen LogP contribution is 2.38. The van der Waals surface area contributed by atoms with Crippen molar-refractivity contribution in [2.45, 2.75) is 18.5 Å². The summed E-state index contributed by atoms with van der Waals surface area (Å²) in [6.45, 7) is 0. The monoisotopic (exact) mass is 343 g/mol. The van der Waals surface area contributed by atoms with Crippen molar-refractivity contribution in [1.82, 2.24) is 14.8 Å². The molecule has 2 atom stereocenters. The smallest absolute Gasteiger partial charge is 0.241 e. The van der Waals surface area contributed by atoms with E-state index in [2.05, 4.69) is 15.4 Å². The van der Waals surface area contributed by atoms with Gasteiger partial charge in [-0.05, 0) is 41.8 Å². The van der Waals surface area contributed by atoms with Crippen molar-refractivity contribution in [3.63, 3.8) is 0 Å². The van der Waals surface area contributed by atoms with Crippen LogP contribution in [0.5, 0.6) is 0 Å². The number of nitrogens with zero attached hydrogens (tertiary/aromatic N) is 3. The van der Waals surface area contributed by atoms with E-state index in [0.717, 1.165) is 17.5 Å². The molecule has 0 amide bonds. The summed E-state index contributed by atoms with van der Waals surface area (Å²) in [5, 5.41) is 8.33. The first-order chi connectivity index (χ1) is 11.6. The first-order valence-corrected chi connectivity index (χ1v) is 7.97. The molecular formula is C17H15ClFN5. The van der Waals surface area contributed by atoms with Crippen LogP contribution in [-0.2, 0) is 0 Å². The largest absolute Gasteiger partial charge is 0.366 e. The van der Waals surface area contributed by atoms with Crippen LogP contribution in [-0.4, -0.2) is 14.8 Å². The van der Waals surface area contributed by atoms with Gasteiger partial charge in [0.25, 0.3) is 0 Å². The normalized spacial score (nSPS) is 19.6. The highest BCUT2D eigenvalue weighted by molar-refractivity contribution is 6.30. The number of fused-ring (bicyclic) bond motifs is 1. The molecule has 0 bridgehead atoms. The number of hydrogen-bond acceptors (Lipinski definition) is 4. The van der Waals surface area contributed by atoms with Gasteiger partial charge in [0.1, 0.15) is 5.82 Å². The highest BCUT2D eigenvalue weighted by Gasteiger charge is 2.30. The third-order valence-electron chi connectivity index (χ3n) is 4.23. The Hall–Kier alpha value is -2.60. The van der Waals surface area contributed by atoms with Crippen LogP contribution in [0.4, 0.5) is 16.3 Å². The van der Waals surface area contributed by atoms with E-state index in [1.807, 2.05) is 24.3 Å². The minimum Gasteiger partial charge on any atom is -0.366 e. The summed E-state index contributed by atoms with van der Waals surface area (Å²) in [7, 11) is 0. The Morgan fingerprint density at radius 2 is 1.75 bits per heavy atom. The van der Waals surface area contributed by atoms with Crippen molar-refractivity contribution < 1.29 is 4.39 Å². The second-order valence-corrected chi connectivity index (χ2v) is 6.23. The lowest BCUT2D eigenvalue weighted by molar-refractivity contribution is 0.431. The lowest BCUT2D eigenvalue weighted by Gasteiger charge is -2.31. The van der Waals surface area contributed by atoms with Gasteiger partial charge in [0.05, 0.1) is 12.1 Å². The molecule has 0 saturated carbocycles. The highest BCUT2D eigenvalue weighted by atomic mass is 35.5. The van der Waals surface area contributed by atoms with Gasteiger partial charge in [0.15, 0.2) is 0 Å². The summed E-state index contributed by atoms with van der Waals surface area (Å²) >= 11 is 5.98. The Morgan fingerprint density at radius 1 is 1.08 bits per heavy atom. The molecular weight excluding hydrogens is 329 g/mol. The van der Waals surface area contributed by atoms with E-state index < -0.39 is 0 Å². The second kappa shape index (κ2) is 5.79. The molecule has 5 nitrogen and oxygen atoms in total. The molecule has 0 saturated heterocycles. The van der Waals surface area contributed by atoms with Crippen LogP contribution >= 0.6 is 11.6 Å². The van der Waals surface area contributed by atoms with Gasteiger partial charge >= 0.3 is 0 Å². The lowest BCUT2D eigenvalue weighted by Crippen LogP contribution is -2.28. The Bertz CT molecular complexity index is 860. The molecule has 3 N–H and O–H groups in total.